The first-order valence-corrected chi connectivity index (χ1v) is 11.5. The molecule has 34 heavy (non-hydrogen) atoms. The minimum atomic E-state index is -0.920. The van der Waals surface area contributed by atoms with Crippen molar-refractivity contribution in [1.82, 2.24) is 4.68 Å². The molecule has 0 aliphatic carbocycles. The lowest BCUT2D eigenvalue weighted by Gasteiger charge is -2.13. The highest BCUT2D eigenvalue weighted by Gasteiger charge is 2.21. The molecule has 172 valence electrons. The summed E-state index contributed by atoms with van der Waals surface area (Å²) in [7, 11) is 0. The van der Waals surface area contributed by atoms with Gasteiger partial charge in [0, 0.05) is 26.3 Å². The van der Waals surface area contributed by atoms with E-state index in [-0.39, 0.29) is 5.69 Å². The van der Waals surface area contributed by atoms with Crippen LogP contribution in [-0.2, 0) is 9.59 Å². The maximum absolute atomic E-state index is 13.1. The largest absolute Gasteiger partial charge is 0.328 e. The molecular formula is C25H20BrClN4O3. The molecule has 0 saturated carbocycles. The van der Waals surface area contributed by atoms with Crippen LogP contribution in [-0.4, -0.2) is 22.4 Å². The number of carbonyl (C=O) groups excluding carboxylic acids is 3. The fourth-order valence-corrected chi connectivity index (χ4v) is 3.94. The lowest BCUT2D eigenvalue weighted by atomic mass is 10.2. The van der Waals surface area contributed by atoms with Crippen molar-refractivity contribution in [2.24, 2.45) is 0 Å². The molecule has 0 saturated heterocycles. The first-order valence-electron chi connectivity index (χ1n) is 10.3. The summed E-state index contributed by atoms with van der Waals surface area (Å²) in [6.45, 7) is 3.69. The van der Waals surface area contributed by atoms with E-state index in [4.69, 9.17) is 11.6 Å². The van der Waals surface area contributed by atoms with Crippen molar-refractivity contribution < 1.29 is 14.4 Å². The number of hydrogen-bond donors (Lipinski definition) is 3. The van der Waals surface area contributed by atoms with E-state index in [1.165, 1.54) is 4.68 Å². The molecule has 0 aliphatic rings. The van der Waals surface area contributed by atoms with Gasteiger partial charge in [0.25, 0.3) is 5.91 Å². The van der Waals surface area contributed by atoms with Crippen molar-refractivity contribution in [2.75, 3.05) is 16.1 Å². The molecule has 0 radical (unpaired) electrons. The molecule has 3 N–H and O–H groups in total. The monoisotopic (exact) mass is 538 g/mol. The number of fused-ring (bicyclic) bond motifs is 1. The Balaban J connectivity index is 1.64. The molecule has 1 aromatic heterocycles. The highest BCUT2D eigenvalue weighted by molar-refractivity contribution is 9.10. The standard InChI is InChI=1S/C25H20BrClN4O3/c1-14-7-9-18(13-19(14)27)28-23(32)22-12-16-11-17(26)8-10-21(16)31(22)30-25(34)24(33)29-20-6-4-3-5-15(20)2/h3-13H,1-2H3,(H,28,32)(H,29,33)(H,30,34). The Hall–Kier alpha value is -3.62. The smallest absolute Gasteiger partial charge is 0.321 e. The van der Waals surface area contributed by atoms with Crippen molar-refractivity contribution >= 4 is 67.5 Å². The maximum Gasteiger partial charge on any atom is 0.328 e. The summed E-state index contributed by atoms with van der Waals surface area (Å²) >= 11 is 9.59. The molecule has 0 fully saturated rings. The quantitative estimate of drug-likeness (QED) is 0.293. The Morgan fingerprint density at radius 2 is 1.62 bits per heavy atom. The van der Waals surface area contributed by atoms with Gasteiger partial charge in [-0.25, -0.2) is 4.68 Å². The number of aromatic nitrogens is 1. The molecule has 4 rings (SSSR count). The second kappa shape index (κ2) is 9.70. The zero-order valence-electron chi connectivity index (χ0n) is 18.3. The Bertz CT molecular complexity index is 1450. The van der Waals surface area contributed by atoms with Gasteiger partial charge < -0.3 is 10.6 Å². The molecule has 0 unspecified atom stereocenters. The number of nitrogens with one attached hydrogen (secondary N) is 3. The van der Waals surface area contributed by atoms with Crippen molar-refractivity contribution in [2.45, 2.75) is 13.8 Å². The van der Waals surface area contributed by atoms with Gasteiger partial charge in [-0.3, -0.25) is 19.8 Å². The Labute approximate surface area is 209 Å². The molecule has 3 aromatic carbocycles. The summed E-state index contributed by atoms with van der Waals surface area (Å²) in [6, 6.07) is 19.2. The van der Waals surface area contributed by atoms with Gasteiger partial charge in [0.15, 0.2) is 0 Å². The minimum Gasteiger partial charge on any atom is -0.321 e. The van der Waals surface area contributed by atoms with Crippen LogP contribution in [0.15, 0.2) is 71.2 Å². The highest BCUT2D eigenvalue weighted by Crippen LogP contribution is 2.25. The topological polar surface area (TPSA) is 92.2 Å². The zero-order chi connectivity index (χ0) is 24.4. The molecule has 7 nitrogen and oxygen atoms in total. The number of anilines is 2. The van der Waals surface area contributed by atoms with Crippen LogP contribution in [0.3, 0.4) is 0 Å². The van der Waals surface area contributed by atoms with Crippen LogP contribution in [0.25, 0.3) is 10.9 Å². The van der Waals surface area contributed by atoms with Crippen molar-refractivity contribution in [1.29, 1.82) is 0 Å². The number of aryl methyl sites for hydroxylation is 2. The fraction of sp³-hybridized carbons (Fsp3) is 0.0800. The van der Waals surface area contributed by atoms with E-state index in [1.54, 1.807) is 48.5 Å². The van der Waals surface area contributed by atoms with Gasteiger partial charge in [0.1, 0.15) is 5.69 Å². The van der Waals surface area contributed by atoms with Crippen LogP contribution in [0, 0.1) is 13.8 Å². The summed E-state index contributed by atoms with van der Waals surface area (Å²) in [5, 5.41) is 6.59. The third-order valence-corrected chi connectivity index (χ3v) is 6.14. The minimum absolute atomic E-state index is 0.141. The number of rotatable bonds is 4. The van der Waals surface area contributed by atoms with E-state index in [0.29, 0.717) is 27.3 Å². The van der Waals surface area contributed by atoms with E-state index in [2.05, 4.69) is 32.0 Å². The van der Waals surface area contributed by atoms with Crippen LogP contribution in [0.1, 0.15) is 21.6 Å². The van der Waals surface area contributed by atoms with Gasteiger partial charge in [0.2, 0.25) is 0 Å². The van der Waals surface area contributed by atoms with Gasteiger partial charge >= 0.3 is 11.8 Å². The number of amides is 3. The number of halogens is 2. The van der Waals surface area contributed by atoms with Crippen LogP contribution < -0.4 is 16.1 Å². The molecule has 0 atom stereocenters. The SMILES string of the molecule is Cc1ccc(NC(=O)c2cc3cc(Br)ccc3n2NC(=O)C(=O)Nc2ccccc2C)cc1Cl. The predicted molar refractivity (Wildman–Crippen MR) is 138 cm³/mol. The normalized spacial score (nSPS) is 10.7. The Kier molecular flexibility index (Phi) is 6.72. The molecule has 0 spiro atoms. The van der Waals surface area contributed by atoms with Crippen molar-refractivity contribution in [3.05, 3.63) is 93.0 Å². The van der Waals surface area contributed by atoms with E-state index in [1.807, 2.05) is 32.0 Å². The van der Waals surface area contributed by atoms with Crippen LogP contribution in [0.2, 0.25) is 5.02 Å². The molecule has 3 amide bonds. The highest BCUT2D eigenvalue weighted by atomic mass is 79.9. The first kappa shape index (κ1) is 23.5. The van der Waals surface area contributed by atoms with Crippen LogP contribution in [0.5, 0.6) is 0 Å². The van der Waals surface area contributed by atoms with Gasteiger partial charge in [0.05, 0.1) is 5.52 Å². The first-order chi connectivity index (χ1) is 16.2. The second-order valence-electron chi connectivity index (χ2n) is 7.70. The Morgan fingerprint density at radius 3 is 2.35 bits per heavy atom. The van der Waals surface area contributed by atoms with Gasteiger partial charge in [-0.05, 0) is 67.4 Å². The number of hydrogen-bond acceptors (Lipinski definition) is 3. The van der Waals surface area contributed by atoms with E-state index >= 15 is 0 Å². The second-order valence-corrected chi connectivity index (χ2v) is 9.02. The summed E-state index contributed by atoms with van der Waals surface area (Å²) in [6.07, 6.45) is 0. The summed E-state index contributed by atoms with van der Waals surface area (Å²) in [5.41, 5.74) is 5.96. The van der Waals surface area contributed by atoms with Gasteiger partial charge in [-0.15, -0.1) is 0 Å². The van der Waals surface area contributed by atoms with Crippen LogP contribution >= 0.6 is 27.5 Å². The molecule has 0 bridgehead atoms. The van der Waals surface area contributed by atoms with E-state index in [0.717, 1.165) is 15.6 Å². The molecule has 0 aliphatic heterocycles. The van der Waals surface area contributed by atoms with Gasteiger partial charge in [-0.1, -0.05) is 51.8 Å². The summed E-state index contributed by atoms with van der Waals surface area (Å²) in [5.74, 6) is -2.26. The van der Waals surface area contributed by atoms with Crippen LogP contribution in [0.4, 0.5) is 11.4 Å². The van der Waals surface area contributed by atoms with E-state index < -0.39 is 17.7 Å². The molecule has 9 heteroatoms. The molecule has 4 aromatic rings. The van der Waals surface area contributed by atoms with E-state index in [9.17, 15) is 14.4 Å². The number of carbonyl (C=O) groups is 3. The third-order valence-electron chi connectivity index (χ3n) is 5.24. The van der Waals surface area contributed by atoms with Gasteiger partial charge in [-0.2, -0.15) is 0 Å². The summed E-state index contributed by atoms with van der Waals surface area (Å²) < 4.78 is 2.10. The number of benzene rings is 3. The molecule has 1 heterocycles. The fourth-order valence-electron chi connectivity index (χ4n) is 3.38. The predicted octanol–water partition coefficient (Wildman–Crippen LogP) is 5.64. The van der Waals surface area contributed by atoms with Crippen molar-refractivity contribution in [3.63, 3.8) is 0 Å². The Morgan fingerprint density at radius 1 is 0.853 bits per heavy atom. The average Bonchev–Trinajstić information content (AvgIpc) is 3.15. The number of nitrogens with zero attached hydrogens (tertiary/aromatic N) is 1. The summed E-state index contributed by atoms with van der Waals surface area (Å²) in [4.78, 5) is 38.4. The average molecular weight is 540 g/mol. The number of para-hydroxylation sites is 1. The molecular weight excluding hydrogens is 520 g/mol. The zero-order valence-corrected chi connectivity index (χ0v) is 20.6. The van der Waals surface area contributed by atoms with Crippen molar-refractivity contribution in [3.8, 4) is 0 Å². The lowest BCUT2D eigenvalue weighted by Crippen LogP contribution is -2.36. The third kappa shape index (κ3) is 4.98. The lowest BCUT2D eigenvalue weighted by molar-refractivity contribution is -0.133. The maximum atomic E-state index is 13.1.